The minimum atomic E-state index is -3.82. The third-order valence-corrected chi connectivity index (χ3v) is 3.91. The van der Waals surface area contributed by atoms with E-state index in [1.54, 1.807) is 0 Å². The van der Waals surface area contributed by atoms with E-state index < -0.39 is 15.5 Å². The molecule has 0 bridgehead atoms. The number of aromatic nitrogens is 1. The van der Waals surface area contributed by atoms with Gasteiger partial charge in [0.05, 0.1) is 25.9 Å². The SMILES string of the molecule is O=c1cc[nH]cc1S(=O)(=O)NCC1COCCO1. The molecule has 1 aliphatic heterocycles. The van der Waals surface area contributed by atoms with Gasteiger partial charge in [0.2, 0.25) is 15.5 Å². The number of ether oxygens (including phenoxy) is 2. The fourth-order valence-corrected chi connectivity index (χ4v) is 2.66. The lowest BCUT2D eigenvalue weighted by atomic mass is 10.3. The van der Waals surface area contributed by atoms with Gasteiger partial charge in [-0.3, -0.25) is 4.79 Å². The van der Waals surface area contributed by atoms with Crippen molar-refractivity contribution in [3.8, 4) is 0 Å². The van der Waals surface area contributed by atoms with E-state index in [0.29, 0.717) is 19.8 Å². The van der Waals surface area contributed by atoms with Crippen molar-refractivity contribution in [3.63, 3.8) is 0 Å². The molecule has 100 valence electrons. The molecular weight excluding hydrogens is 260 g/mol. The monoisotopic (exact) mass is 274 g/mol. The molecule has 2 heterocycles. The number of nitrogens with one attached hydrogen (secondary N) is 2. The molecule has 1 saturated heterocycles. The van der Waals surface area contributed by atoms with Gasteiger partial charge in [0.15, 0.2) is 0 Å². The summed E-state index contributed by atoms with van der Waals surface area (Å²) in [4.78, 5) is 13.7. The van der Waals surface area contributed by atoms with Crippen molar-refractivity contribution in [2.75, 3.05) is 26.4 Å². The van der Waals surface area contributed by atoms with Crippen LogP contribution in [0.25, 0.3) is 0 Å². The van der Waals surface area contributed by atoms with Crippen LogP contribution in [0.5, 0.6) is 0 Å². The zero-order chi connectivity index (χ0) is 13.0. The van der Waals surface area contributed by atoms with Crippen molar-refractivity contribution in [1.29, 1.82) is 0 Å². The Kier molecular flexibility index (Phi) is 4.12. The Balaban J connectivity index is 2.03. The van der Waals surface area contributed by atoms with Crippen molar-refractivity contribution >= 4 is 10.0 Å². The van der Waals surface area contributed by atoms with E-state index in [9.17, 15) is 13.2 Å². The topological polar surface area (TPSA) is 97.5 Å². The summed E-state index contributed by atoms with van der Waals surface area (Å²) in [6.07, 6.45) is 2.21. The van der Waals surface area contributed by atoms with Crippen LogP contribution in [-0.2, 0) is 19.5 Å². The quantitative estimate of drug-likeness (QED) is 0.739. The zero-order valence-corrected chi connectivity index (χ0v) is 10.4. The fourth-order valence-electron chi connectivity index (χ4n) is 1.55. The Bertz CT molecular complexity index is 547. The number of rotatable bonds is 4. The first-order valence-corrected chi connectivity index (χ1v) is 6.94. The molecule has 8 heteroatoms. The second-order valence-electron chi connectivity index (χ2n) is 3.79. The van der Waals surface area contributed by atoms with E-state index in [0.717, 1.165) is 12.3 Å². The molecule has 1 fully saturated rings. The van der Waals surface area contributed by atoms with Crippen LogP contribution in [-0.4, -0.2) is 45.9 Å². The van der Waals surface area contributed by atoms with E-state index in [2.05, 4.69) is 9.71 Å². The summed E-state index contributed by atoms with van der Waals surface area (Å²) in [7, 11) is -3.82. The van der Waals surface area contributed by atoms with Gasteiger partial charge in [0.1, 0.15) is 4.90 Å². The van der Waals surface area contributed by atoms with Crippen LogP contribution in [0.15, 0.2) is 28.2 Å². The van der Waals surface area contributed by atoms with Crippen LogP contribution < -0.4 is 10.2 Å². The van der Waals surface area contributed by atoms with Gasteiger partial charge in [-0.05, 0) is 0 Å². The highest BCUT2D eigenvalue weighted by Crippen LogP contribution is 2.03. The molecule has 0 aliphatic carbocycles. The highest BCUT2D eigenvalue weighted by atomic mass is 32.2. The molecular formula is C10H14N2O5S. The second-order valence-corrected chi connectivity index (χ2v) is 5.53. The lowest BCUT2D eigenvalue weighted by molar-refractivity contribution is -0.0846. The predicted octanol–water partition coefficient (Wildman–Crippen LogP) is -0.931. The van der Waals surface area contributed by atoms with Crippen molar-refractivity contribution in [1.82, 2.24) is 9.71 Å². The smallest absolute Gasteiger partial charge is 0.246 e. The Morgan fingerprint density at radius 1 is 1.44 bits per heavy atom. The van der Waals surface area contributed by atoms with E-state index in [-0.39, 0.29) is 17.5 Å². The lowest BCUT2D eigenvalue weighted by Gasteiger charge is -2.22. The summed E-state index contributed by atoms with van der Waals surface area (Å²) >= 11 is 0. The van der Waals surface area contributed by atoms with Gasteiger partial charge in [-0.1, -0.05) is 0 Å². The summed E-state index contributed by atoms with van der Waals surface area (Å²) in [6.45, 7) is 1.38. The Morgan fingerprint density at radius 2 is 2.28 bits per heavy atom. The van der Waals surface area contributed by atoms with Crippen LogP contribution in [0, 0.1) is 0 Å². The zero-order valence-electron chi connectivity index (χ0n) is 9.59. The molecule has 1 aliphatic rings. The molecule has 0 saturated carbocycles. The van der Waals surface area contributed by atoms with Gasteiger partial charge in [-0.25, -0.2) is 13.1 Å². The molecule has 2 N–H and O–H groups in total. The van der Waals surface area contributed by atoms with Gasteiger partial charge in [-0.15, -0.1) is 0 Å². The largest absolute Gasteiger partial charge is 0.376 e. The number of sulfonamides is 1. The van der Waals surface area contributed by atoms with Gasteiger partial charge < -0.3 is 14.5 Å². The van der Waals surface area contributed by atoms with Gasteiger partial charge >= 0.3 is 0 Å². The van der Waals surface area contributed by atoms with Crippen molar-refractivity contribution in [3.05, 3.63) is 28.7 Å². The Hall–Kier alpha value is -1.22. The van der Waals surface area contributed by atoms with Crippen LogP contribution in [0.2, 0.25) is 0 Å². The molecule has 18 heavy (non-hydrogen) atoms. The molecule has 1 aromatic heterocycles. The predicted molar refractivity (Wildman–Crippen MR) is 62.8 cm³/mol. The fraction of sp³-hybridized carbons (Fsp3) is 0.500. The average Bonchev–Trinajstić information content (AvgIpc) is 2.38. The molecule has 1 unspecified atom stereocenters. The van der Waals surface area contributed by atoms with Crippen LogP contribution >= 0.6 is 0 Å². The molecule has 7 nitrogen and oxygen atoms in total. The van der Waals surface area contributed by atoms with E-state index in [1.807, 2.05) is 0 Å². The molecule has 2 rings (SSSR count). The molecule has 1 aromatic rings. The van der Waals surface area contributed by atoms with Gasteiger partial charge in [0, 0.05) is 25.0 Å². The number of H-pyrrole nitrogens is 1. The molecule has 0 radical (unpaired) electrons. The number of pyridine rings is 1. The van der Waals surface area contributed by atoms with Crippen LogP contribution in [0.1, 0.15) is 0 Å². The van der Waals surface area contributed by atoms with Crippen molar-refractivity contribution < 1.29 is 17.9 Å². The third-order valence-electron chi connectivity index (χ3n) is 2.46. The highest BCUT2D eigenvalue weighted by molar-refractivity contribution is 7.89. The number of hydrogen-bond donors (Lipinski definition) is 2. The first-order chi connectivity index (χ1) is 8.59. The summed E-state index contributed by atoms with van der Waals surface area (Å²) < 4.78 is 36.5. The molecule has 0 aromatic carbocycles. The Labute approximate surface area is 104 Å². The van der Waals surface area contributed by atoms with Crippen LogP contribution in [0.3, 0.4) is 0 Å². The molecule has 0 spiro atoms. The van der Waals surface area contributed by atoms with E-state index in [1.165, 1.54) is 6.20 Å². The summed E-state index contributed by atoms with van der Waals surface area (Å²) in [5.74, 6) is 0. The minimum Gasteiger partial charge on any atom is -0.376 e. The maximum Gasteiger partial charge on any atom is 0.246 e. The molecule has 1 atom stereocenters. The van der Waals surface area contributed by atoms with Gasteiger partial charge in [-0.2, -0.15) is 0 Å². The van der Waals surface area contributed by atoms with Gasteiger partial charge in [0.25, 0.3) is 0 Å². The third kappa shape index (κ3) is 3.16. The Morgan fingerprint density at radius 3 is 2.94 bits per heavy atom. The lowest BCUT2D eigenvalue weighted by Crippen LogP contribution is -2.40. The second kappa shape index (κ2) is 5.61. The normalized spacial score (nSPS) is 20.8. The number of aromatic amines is 1. The first-order valence-electron chi connectivity index (χ1n) is 5.46. The maximum absolute atomic E-state index is 11.9. The summed E-state index contributed by atoms with van der Waals surface area (Å²) in [5.41, 5.74) is -0.554. The van der Waals surface area contributed by atoms with Crippen LogP contribution in [0.4, 0.5) is 0 Å². The first kappa shape index (κ1) is 13.2. The summed E-state index contributed by atoms with van der Waals surface area (Å²) in [6, 6.07) is 1.16. The maximum atomic E-state index is 11.9. The van der Waals surface area contributed by atoms with Crippen molar-refractivity contribution in [2.24, 2.45) is 0 Å². The van der Waals surface area contributed by atoms with Crippen molar-refractivity contribution in [2.45, 2.75) is 11.0 Å². The standard InChI is InChI=1S/C10H14N2O5S/c13-9-1-2-11-6-10(9)18(14,15)12-5-8-7-16-3-4-17-8/h1-2,6,8,12H,3-5,7H2,(H,11,13). The minimum absolute atomic E-state index is 0.0800. The average molecular weight is 274 g/mol. The number of hydrogen-bond acceptors (Lipinski definition) is 5. The molecule has 0 amide bonds. The summed E-state index contributed by atoms with van der Waals surface area (Å²) in [5, 5.41) is 0. The highest BCUT2D eigenvalue weighted by Gasteiger charge is 2.21. The van der Waals surface area contributed by atoms with E-state index in [4.69, 9.17) is 9.47 Å². The van der Waals surface area contributed by atoms with E-state index >= 15 is 0 Å².